The van der Waals surface area contributed by atoms with Gasteiger partial charge in [0.2, 0.25) is 5.91 Å². The second-order valence-corrected chi connectivity index (χ2v) is 15.4. The van der Waals surface area contributed by atoms with Crippen LogP contribution in [0.1, 0.15) is 61.1 Å². The van der Waals surface area contributed by atoms with Crippen LogP contribution in [0.4, 0.5) is 17.1 Å². The third-order valence-corrected chi connectivity index (χ3v) is 10.8. The fourth-order valence-electron chi connectivity index (χ4n) is 7.18. The summed E-state index contributed by atoms with van der Waals surface area (Å²) in [6.07, 6.45) is 0.604. The Balaban J connectivity index is 1.07. The Morgan fingerprint density at radius 2 is 1.17 bits per heavy atom. The van der Waals surface area contributed by atoms with Crippen molar-refractivity contribution in [2.45, 2.75) is 32.9 Å². The Labute approximate surface area is 383 Å². The van der Waals surface area contributed by atoms with Crippen LogP contribution < -0.4 is 35.9 Å². The summed E-state index contributed by atoms with van der Waals surface area (Å²) in [6.45, 7) is 3.40. The zero-order chi connectivity index (χ0) is 46.4. The molecule has 0 saturated heterocycles. The summed E-state index contributed by atoms with van der Waals surface area (Å²) in [5.74, 6) is -0.508. The van der Waals surface area contributed by atoms with Crippen LogP contribution in [0.2, 0.25) is 0 Å². The molecule has 13 heteroatoms. The molecule has 0 unspecified atom stereocenters. The number of nitrogens with zero attached hydrogens (tertiary/aromatic N) is 1. The third kappa shape index (κ3) is 11.9. The van der Waals surface area contributed by atoms with Gasteiger partial charge in [-0.25, -0.2) is 0 Å². The minimum atomic E-state index is -0.498. The number of hydrogen-bond acceptors (Lipinski definition) is 9. The van der Waals surface area contributed by atoms with E-state index in [4.69, 9.17) is 19.9 Å². The maximum absolute atomic E-state index is 14.0. The van der Waals surface area contributed by atoms with Gasteiger partial charge in [0.15, 0.2) is 0 Å². The molecule has 4 amide bonds. The van der Waals surface area contributed by atoms with Crippen molar-refractivity contribution in [3.8, 4) is 23.0 Å². The largest absolute Gasteiger partial charge is 0.508 e. The lowest BCUT2D eigenvalue weighted by Gasteiger charge is -2.22. The van der Waals surface area contributed by atoms with Crippen molar-refractivity contribution in [3.05, 3.63) is 185 Å². The lowest BCUT2D eigenvalue weighted by Crippen LogP contribution is -2.30. The second-order valence-electron chi connectivity index (χ2n) is 15.4. The number of carbonyl (C=O) groups is 4. The average molecular weight is 886 g/mol. The molecule has 0 fully saturated rings. The smallest absolute Gasteiger partial charge is 0.255 e. The number of carbonyl (C=O) groups excluding carboxylic acids is 4. The Kier molecular flexibility index (Phi) is 15.3. The number of nitrogens with two attached hydrogens (primary N) is 1. The van der Waals surface area contributed by atoms with Crippen LogP contribution in [-0.4, -0.2) is 60.4 Å². The van der Waals surface area contributed by atoms with Crippen molar-refractivity contribution in [3.63, 3.8) is 0 Å². The van der Waals surface area contributed by atoms with Gasteiger partial charge in [-0.15, -0.1) is 0 Å². The van der Waals surface area contributed by atoms with Gasteiger partial charge in [-0.05, 0) is 107 Å². The van der Waals surface area contributed by atoms with E-state index < -0.39 is 11.8 Å². The van der Waals surface area contributed by atoms with Gasteiger partial charge in [0.1, 0.15) is 29.6 Å². The van der Waals surface area contributed by atoms with E-state index in [2.05, 4.69) is 40.2 Å². The molecule has 336 valence electrons. The van der Waals surface area contributed by atoms with Crippen molar-refractivity contribution in [1.82, 2.24) is 4.90 Å². The van der Waals surface area contributed by atoms with Crippen molar-refractivity contribution in [2.24, 2.45) is 5.73 Å². The molecule has 0 radical (unpaired) electrons. The van der Waals surface area contributed by atoms with Crippen LogP contribution in [0.15, 0.2) is 152 Å². The molecule has 0 spiro atoms. The lowest BCUT2D eigenvalue weighted by molar-refractivity contribution is -0.116. The zero-order valence-electron chi connectivity index (χ0n) is 36.7. The van der Waals surface area contributed by atoms with E-state index in [1.54, 1.807) is 71.6 Å². The molecule has 66 heavy (non-hydrogen) atoms. The molecule has 0 aliphatic heterocycles. The van der Waals surface area contributed by atoms with Gasteiger partial charge in [0.25, 0.3) is 17.7 Å². The minimum Gasteiger partial charge on any atom is -0.508 e. The fraction of sp³-hybridized carbons (Fsp3) is 0.170. The van der Waals surface area contributed by atoms with E-state index in [9.17, 15) is 24.3 Å². The lowest BCUT2D eigenvalue weighted by atomic mass is 10.1. The van der Waals surface area contributed by atoms with Crippen molar-refractivity contribution in [1.29, 1.82) is 0 Å². The van der Waals surface area contributed by atoms with Crippen LogP contribution in [0.3, 0.4) is 0 Å². The molecule has 13 nitrogen and oxygen atoms in total. The minimum absolute atomic E-state index is 0.102. The number of methoxy groups -OCH3 is 1. The van der Waals surface area contributed by atoms with Crippen LogP contribution in [0.5, 0.6) is 23.0 Å². The van der Waals surface area contributed by atoms with E-state index in [0.29, 0.717) is 47.9 Å². The predicted octanol–water partition coefficient (Wildman–Crippen LogP) is 9.21. The first-order valence-corrected chi connectivity index (χ1v) is 21.5. The monoisotopic (exact) mass is 885 g/mol. The molecule has 0 heterocycles. The van der Waals surface area contributed by atoms with E-state index in [-0.39, 0.29) is 66.4 Å². The summed E-state index contributed by atoms with van der Waals surface area (Å²) < 4.78 is 18.0. The average Bonchev–Trinajstić information content (AvgIpc) is 3.34. The van der Waals surface area contributed by atoms with E-state index in [1.807, 2.05) is 55.5 Å². The van der Waals surface area contributed by atoms with Gasteiger partial charge in [0.05, 0.1) is 30.8 Å². The number of rotatable bonds is 19. The highest BCUT2D eigenvalue weighted by molar-refractivity contribution is 6.08. The number of amides is 4. The Hall–Kier alpha value is -8.16. The van der Waals surface area contributed by atoms with E-state index in [1.165, 1.54) is 19.2 Å². The number of benzene rings is 7. The maximum atomic E-state index is 14.0. The highest BCUT2D eigenvalue weighted by Gasteiger charge is 2.21. The van der Waals surface area contributed by atoms with Gasteiger partial charge < -0.3 is 45.9 Å². The summed E-state index contributed by atoms with van der Waals surface area (Å²) in [5.41, 5.74) is 10.3. The highest BCUT2D eigenvalue weighted by atomic mass is 16.5. The Morgan fingerprint density at radius 3 is 1.83 bits per heavy atom. The first-order valence-electron chi connectivity index (χ1n) is 21.5. The molecule has 6 N–H and O–H groups in total. The van der Waals surface area contributed by atoms with E-state index >= 15 is 0 Å². The standard InChI is InChI=1S/C53H51N5O8/c1-3-58(33-37-13-16-38-11-7-8-12-39(38)29-37)53(63)42-19-24-46(49(32-42)66-34-36-9-5-4-6-10-36)57-51(61)40-17-22-44(47(30-40)64-2)56-52(62)41-18-23-45(55-50(60)25-27-54)48(31-41)65-28-26-35-14-20-43(59)21-15-35/h4-24,29-32,59H,3,25-28,33-34,54H2,1-2H3,(H,55,60)(H,56,62)(H,57,61). The van der Waals surface area contributed by atoms with Gasteiger partial charge in [-0.3, -0.25) is 19.2 Å². The quantitative estimate of drug-likeness (QED) is 0.0529. The van der Waals surface area contributed by atoms with Crippen LogP contribution in [0, 0.1) is 0 Å². The van der Waals surface area contributed by atoms with Crippen LogP contribution in [0.25, 0.3) is 10.8 Å². The van der Waals surface area contributed by atoms with Gasteiger partial charge >= 0.3 is 0 Å². The fourth-order valence-corrected chi connectivity index (χ4v) is 7.18. The molecule has 7 aromatic carbocycles. The third-order valence-electron chi connectivity index (χ3n) is 10.8. The summed E-state index contributed by atoms with van der Waals surface area (Å²) in [7, 11) is 1.43. The van der Waals surface area contributed by atoms with Gasteiger partial charge in [-0.1, -0.05) is 78.9 Å². The Bertz CT molecular complexity index is 2830. The van der Waals surface area contributed by atoms with Crippen LogP contribution in [-0.2, 0) is 24.4 Å². The van der Waals surface area contributed by atoms with Crippen LogP contribution >= 0.6 is 0 Å². The molecular weight excluding hydrogens is 835 g/mol. The van der Waals surface area contributed by atoms with Crippen molar-refractivity contribution < 1.29 is 38.5 Å². The molecule has 0 aromatic heterocycles. The SMILES string of the molecule is CCN(Cc1ccc2ccccc2c1)C(=O)c1ccc(NC(=O)c2ccc(NC(=O)c3ccc(NC(=O)CCN)c(OCCc4ccc(O)cc4)c3)c(OC)c2)c(OCc2ccccc2)c1. The molecule has 7 aromatic rings. The molecule has 0 aliphatic carbocycles. The first kappa shape index (κ1) is 45.9. The number of phenolic OH excluding ortho intramolecular Hbond substituents is 1. The zero-order valence-corrected chi connectivity index (χ0v) is 36.7. The highest BCUT2D eigenvalue weighted by Crippen LogP contribution is 2.32. The molecule has 0 atom stereocenters. The number of nitrogens with one attached hydrogen (secondary N) is 3. The number of aromatic hydroxyl groups is 1. The summed E-state index contributed by atoms with van der Waals surface area (Å²) >= 11 is 0. The van der Waals surface area contributed by atoms with E-state index in [0.717, 1.165) is 27.5 Å². The summed E-state index contributed by atoms with van der Waals surface area (Å²) in [5, 5.41) is 20.4. The normalized spacial score (nSPS) is 10.8. The number of fused-ring (bicyclic) bond motifs is 1. The number of phenols is 1. The molecule has 0 aliphatic rings. The maximum Gasteiger partial charge on any atom is 0.255 e. The van der Waals surface area contributed by atoms with Crippen molar-refractivity contribution in [2.75, 3.05) is 42.8 Å². The van der Waals surface area contributed by atoms with Gasteiger partial charge in [0, 0.05) is 49.2 Å². The molecule has 0 saturated carbocycles. The molecule has 7 rings (SSSR count). The summed E-state index contributed by atoms with van der Waals surface area (Å²) in [6, 6.07) is 44.8. The predicted molar refractivity (Wildman–Crippen MR) is 257 cm³/mol. The topological polar surface area (TPSA) is 182 Å². The number of ether oxygens (including phenoxy) is 3. The second kappa shape index (κ2) is 22.0. The molecule has 0 bridgehead atoms. The summed E-state index contributed by atoms with van der Waals surface area (Å²) in [4.78, 5) is 55.7. The number of hydrogen-bond donors (Lipinski definition) is 5. The molecular formula is C53H51N5O8. The Morgan fingerprint density at radius 1 is 0.591 bits per heavy atom. The number of anilines is 3. The first-order chi connectivity index (χ1) is 32.1. The van der Waals surface area contributed by atoms with Gasteiger partial charge in [-0.2, -0.15) is 0 Å². The van der Waals surface area contributed by atoms with Crippen molar-refractivity contribution >= 4 is 51.5 Å².